The Kier molecular flexibility index (Phi) is 4.60. The Morgan fingerprint density at radius 2 is 2.14 bits per heavy atom. The van der Waals surface area contributed by atoms with Gasteiger partial charge in [-0.3, -0.25) is 0 Å². The van der Waals surface area contributed by atoms with Crippen molar-refractivity contribution in [3.8, 4) is 0 Å². The van der Waals surface area contributed by atoms with E-state index in [1.165, 1.54) is 11.1 Å². The highest BCUT2D eigenvalue weighted by Crippen LogP contribution is 2.34. The zero-order valence-electron chi connectivity index (χ0n) is 12.7. The highest BCUT2D eigenvalue weighted by atomic mass is 16.5. The van der Waals surface area contributed by atoms with Crippen molar-refractivity contribution in [1.82, 2.24) is 5.32 Å². The molecule has 0 bridgehead atoms. The molecule has 3 atom stereocenters. The van der Waals surface area contributed by atoms with E-state index in [4.69, 9.17) is 9.47 Å². The van der Waals surface area contributed by atoms with Gasteiger partial charge in [-0.15, -0.1) is 0 Å². The van der Waals surface area contributed by atoms with Gasteiger partial charge in [0.05, 0.1) is 31.5 Å². The summed E-state index contributed by atoms with van der Waals surface area (Å²) in [6, 6.07) is 8.63. The van der Waals surface area contributed by atoms with Crippen LogP contribution >= 0.6 is 0 Å². The van der Waals surface area contributed by atoms with E-state index in [1.807, 2.05) is 13.0 Å². The van der Waals surface area contributed by atoms with Gasteiger partial charge in [0.1, 0.15) is 0 Å². The van der Waals surface area contributed by atoms with Crippen LogP contribution in [-0.4, -0.2) is 43.1 Å². The average Bonchev–Trinajstić information content (AvgIpc) is 2.48. The van der Waals surface area contributed by atoms with Crippen molar-refractivity contribution >= 4 is 0 Å². The van der Waals surface area contributed by atoms with E-state index in [0.717, 1.165) is 26.2 Å². The Bertz CT molecular complexity index is 469. The molecular weight excluding hydrogens is 266 g/mol. The summed E-state index contributed by atoms with van der Waals surface area (Å²) < 4.78 is 11.4. The fourth-order valence-corrected chi connectivity index (χ4v) is 3.41. The van der Waals surface area contributed by atoms with Crippen molar-refractivity contribution in [2.45, 2.75) is 43.9 Å². The molecule has 2 aliphatic rings. The van der Waals surface area contributed by atoms with Crippen LogP contribution in [0.5, 0.6) is 0 Å². The number of fused-ring (bicyclic) bond motifs is 1. The van der Waals surface area contributed by atoms with E-state index >= 15 is 0 Å². The molecule has 2 N–H and O–H groups in total. The van der Waals surface area contributed by atoms with Gasteiger partial charge < -0.3 is 19.9 Å². The molecule has 0 aliphatic carbocycles. The van der Waals surface area contributed by atoms with E-state index in [2.05, 4.69) is 23.5 Å². The number of hydrogen-bond donors (Lipinski definition) is 2. The van der Waals surface area contributed by atoms with Crippen molar-refractivity contribution in [2.24, 2.45) is 0 Å². The highest BCUT2D eigenvalue weighted by molar-refractivity contribution is 5.31. The number of nitrogens with one attached hydrogen (secondary N) is 1. The first-order valence-corrected chi connectivity index (χ1v) is 7.87. The molecule has 1 aromatic carbocycles. The highest BCUT2D eigenvalue weighted by Gasteiger charge is 2.32. The second-order valence-electron chi connectivity index (χ2n) is 6.44. The summed E-state index contributed by atoms with van der Waals surface area (Å²) in [5.41, 5.74) is 1.83. The summed E-state index contributed by atoms with van der Waals surface area (Å²) in [7, 11) is 0. The minimum Gasteiger partial charge on any atom is -0.390 e. The molecule has 1 saturated heterocycles. The molecule has 0 radical (unpaired) electrons. The van der Waals surface area contributed by atoms with Gasteiger partial charge in [0.15, 0.2) is 0 Å². The minimum atomic E-state index is -0.756. The van der Waals surface area contributed by atoms with E-state index in [0.29, 0.717) is 19.4 Å². The third-order valence-electron chi connectivity index (χ3n) is 4.40. The fraction of sp³-hybridized carbons (Fsp3) is 0.647. The van der Waals surface area contributed by atoms with E-state index in [-0.39, 0.29) is 12.1 Å². The van der Waals surface area contributed by atoms with Gasteiger partial charge >= 0.3 is 0 Å². The summed E-state index contributed by atoms with van der Waals surface area (Å²) >= 11 is 0. The van der Waals surface area contributed by atoms with Gasteiger partial charge in [0.25, 0.3) is 0 Å². The number of hydrogen-bond acceptors (Lipinski definition) is 4. The Balaban J connectivity index is 1.65. The maximum atomic E-state index is 10.8. The number of benzene rings is 1. The van der Waals surface area contributed by atoms with Gasteiger partial charge in [-0.1, -0.05) is 24.3 Å². The fourth-order valence-electron chi connectivity index (χ4n) is 3.41. The van der Waals surface area contributed by atoms with Gasteiger partial charge in [0.2, 0.25) is 0 Å². The van der Waals surface area contributed by atoms with Crippen LogP contribution < -0.4 is 5.32 Å². The van der Waals surface area contributed by atoms with Crippen LogP contribution in [0.1, 0.15) is 37.0 Å². The molecule has 4 nitrogen and oxygen atoms in total. The summed E-state index contributed by atoms with van der Waals surface area (Å²) in [5, 5.41) is 14.2. The molecule has 2 aliphatic heterocycles. The summed E-state index contributed by atoms with van der Waals surface area (Å²) in [4.78, 5) is 0. The molecular formula is C17H25NO3. The van der Waals surface area contributed by atoms with E-state index < -0.39 is 5.60 Å². The van der Waals surface area contributed by atoms with Crippen molar-refractivity contribution < 1.29 is 14.6 Å². The third-order valence-corrected chi connectivity index (χ3v) is 4.40. The largest absolute Gasteiger partial charge is 0.390 e. The van der Waals surface area contributed by atoms with Crippen molar-refractivity contribution in [2.75, 3.05) is 26.4 Å². The molecule has 4 heteroatoms. The van der Waals surface area contributed by atoms with Crippen LogP contribution in [0.2, 0.25) is 0 Å². The minimum absolute atomic E-state index is 0.00513. The lowest BCUT2D eigenvalue weighted by Crippen LogP contribution is -2.46. The van der Waals surface area contributed by atoms with Crippen molar-refractivity contribution in [3.05, 3.63) is 35.4 Å². The first-order valence-electron chi connectivity index (χ1n) is 7.87. The molecule has 1 fully saturated rings. The Morgan fingerprint density at radius 1 is 1.29 bits per heavy atom. The molecule has 0 amide bonds. The van der Waals surface area contributed by atoms with Crippen LogP contribution in [0.4, 0.5) is 0 Å². The SMILES string of the molecule is CC(O)(CC1COCCN1)CC1OCCc2ccccc21. The van der Waals surface area contributed by atoms with Crippen molar-refractivity contribution in [3.63, 3.8) is 0 Å². The van der Waals surface area contributed by atoms with Gasteiger partial charge in [-0.25, -0.2) is 0 Å². The summed E-state index contributed by atoms with van der Waals surface area (Å²) in [6.45, 7) is 4.95. The summed E-state index contributed by atoms with van der Waals surface area (Å²) in [5.74, 6) is 0. The number of rotatable bonds is 4. The zero-order chi connectivity index (χ0) is 14.7. The van der Waals surface area contributed by atoms with Crippen LogP contribution in [0, 0.1) is 0 Å². The smallest absolute Gasteiger partial charge is 0.0855 e. The van der Waals surface area contributed by atoms with Crippen LogP contribution in [-0.2, 0) is 15.9 Å². The molecule has 21 heavy (non-hydrogen) atoms. The molecule has 3 unspecified atom stereocenters. The Morgan fingerprint density at radius 3 is 2.95 bits per heavy atom. The molecule has 1 aromatic rings. The molecule has 2 heterocycles. The predicted molar refractivity (Wildman–Crippen MR) is 81.3 cm³/mol. The lowest BCUT2D eigenvalue weighted by Gasteiger charge is -2.35. The first kappa shape index (κ1) is 15.0. The zero-order valence-corrected chi connectivity index (χ0v) is 12.7. The third kappa shape index (κ3) is 3.83. The first-order chi connectivity index (χ1) is 10.1. The quantitative estimate of drug-likeness (QED) is 0.888. The van der Waals surface area contributed by atoms with Gasteiger partial charge in [-0.05, 0) is 30.9 Å². The second kappa shape index (κ2) is 6.44. The lowest BCUT2D eigenvalue weighted by atomic mass is 9.86. The number of morpholine rings is 1. The van der Waals surface area contributed by atoms with Crippen molar-refractivity contribution in [1.29, 1.82) is 0 Å². The van der Waals surface area contributed by atoms with E-state index in [1.54, 1.807) is 0 Å². The van der Waals surface area contributed by atoms with Gasteiger partial charge in [0, 0.05) is 19.0 Å². The monoisotopic (exact) mass is 291 g/mol. The average molecular weight is 291 g/mol. The molecule has 0 spiro atoms. The molecule has 0 saturated carbocycles. The maximum Gasteiger partial charge on any atom is 0.0855 e. The summed E-state index contributed by atoms with van der Waals surface area (Å²) in [6.07, 6.45) is 2.28. The Labute approximate surface area is 126 Å². The number of ether oxygens (including phenoxy) is 2. The van der Waals surface area contributed by atoms with Gasteiger partial charge in [-0.2, -0.15) is 0 Å². The Hall–Kier alpha value is -0.940. The predicted octanol–water partition coefficient (Wildman–Crippen LogP) is 1.82. The second-order valence-corrected chi connectivity index (χ2v) is 6.44. The molecule has 3 rings (SSSR count). The normalized spacial score (nSPS) is 28.7. The van der Waals surface area contributed by atoms with Crippen LogP contribution in [0.3, 0.4) is 0 Å². The number of aliphatic hydroxyl groups is 1. The maximum absolute atomic E-state index is 10.8. The topological polar surface area (TPSA) is 50.7 Å². The molecule has 0 aromatic heterocycles. The van der Waals surface area contributed by atoms with Crippen LogP contribution in [0.25, 0.3) is 0 Å². The molecule has 116 valence electrons. The van der Waals surface area contributed by atoms with E-state index in [9.17, 15) is 5.11 Å². The van der Waals surface area contributed by atoms with Crippen LogP contribution in [0.15, 0.2) is 24.3 Å². The lowest BCUT2D eigenvalue weighted by molar-refractivity contribution is -0.0529. The standard InChI is InChI=1S/C17H25NO3/c1-17(19,10-14-12-20-9-7-18-14)11-16-15-5-3-2-4-13(15)6-8-21-16/h2-5,14,16,18-19H,6-12H2,1H3.